The summed E-state index contributed by atoms with van der Waals surface area (Å²) in [6.07, 6.45) is 1.92. The molecule has 0 spiro atoms. The van der Waals surface area contributed by atoms with Crippen LogP contribution in [0, 0.1) is 11.3 Å². The number of hydrazone groups is 1. The van der Waals surface area contributed by atoms with Gasteiger partial charge in [0, 0.05) is 0 Å². The van der Waals surface area contributed by atoms with Gasteiger partial charge in [0.05, 0.1) is 36.9 Å². The van der Waals surface area contributed by atoms with Gasteiger partial charge >= 0.3 is 0 Å². The Hall–Kier alpha value is -3.34. The molecule has 8 heteroatoms. The highest BCUT2D eigenvalue weighted by Gasteiger charge is 2.27. The normalized spacial score (nSPS) is 15.0. The van der Waals surface area contributed by atoms with Crippen LogP contribution in [-0.4, -0.2) is 42.3 Å². The van der Waals surface area contributed by atoms with Crippen LogP contribution in [0.25, 0.3) is 6.08 Å². The molecule has 1 heterocycles. The Morgan fingerprint density at radius 2 is 2.15 bits per heavy atom. The van der Waals surface area contributed by atoms with Crippen LogP contribution in [0.5, 0.6) is 11.5 Å². The van der Waals surface area contributed by atoms with E-state index in [1.54, 1.807) is 31.2 Å². The van der Waals surface area contributed by atoms with Crippen LogP contribution in [0.1, 0.15) is 25.8 Å². The van der Waals surface area contributed by atoms with E-state index in [-0.39, 0.29) is 25.5 Å². The molecule has 1 aromatic rings. The average Bonchev–Trinajstić information content (AvgIpc) is 2.87. The number of hydrogen-bond donors (Lipinski definition) is 1. The van der Waals surface area contributed by atoms with Crippen LogP contribution >= 0.6 is 0 Å². The summed E-state index contributed by atoms with van der Waals surface area (Å²) in [6, 6.07) is 7.10. The lowest BCUT2D eigenvalue weighted by Crippen LogP contribution is -2.23. The lowest BCUT2D eigenvalue weighted by Gasteiger charge is -2.12. The SMILES string of the molecule is CCOc1cc(/C=C2/C(=O)N(CCC#N)N=C2C)ccc1OCC(N)=O. The van der Waals surface area contributed by atoms with E-state index in [0.29, 0.717) is 29.4 Å². The Balaban J connectivity index is 2.26. The van der Waals surface area contributed by atoms with E-state index in [0.717, 1.165) is 5.56 Å². The molecule has 0 fully saturated rings. The fourth-order valence-corrected chi connectivity index (χ4v) is 2.37. The van der Waals surface area contributed by atoms with Crippen molar-refractivity contribution < 1.29 is 19.1 Å². The molecule has 1 aliphatic heterocycles. The number of rotatable bonds is 8. The molecule has 0 atom stereocenters. The predicted octanol–water partition coefficient (Wildman–Crippen LogP) is 1.46. The van der Waals surface area contributed by atoms with Gasteiger partial charge in [-0.1, -0.05) is 6.07 Å². The molecule has 136 valence electrons. The van der Waals surface area contributed by atoms with Gasteiger partial charge in [0.2, 0.25) is 0 Å². The van der Waals surface area contributed by atoms with E-state index in [4.69, 9.17) is 20.5 Å². The molecule has 1 aliphatic rings. The summed E-state index contributed by atoms with van der Waals surface area (Å²) in [5, 5.41) is 14.1. The standard InChI is InChI=1S/C18H20N4O4/c1-3-25-16-10-13(5-6-15(16)26-11-17(20)23)9-14-12(2)21-22(18(14)24)8-4-7-19/h5-6,9-10H,3-4,8,11H2,1-2H3,(H2,20,23)/b14-9+. The molecule has 0 aliphatic carbocycles. The average molecular weight is 356 g/mol. The predicted molar refractivity (Wildman–Crippen MR) is 95.3 cm³/mol. The van der Waals surface area contributed by atoms with Crippen molar-refractivity contribution in [2.75, 3.05) is 19.8 Å². The van der Waals surface area contributed by atoms with E-state index < -0.39 is 5.91 Å². The van der Waals surface area contributed by atoms with Crippen LogP contribution in [0.15, 0.2) is 28.9 Å². The Kier molecular flexibility index (Phi) is 6.33. The van der Waals surface area contributed by atoms with Crippen molar-refractivity contribution >= 4 is 23.6 Å². The quantitative estimate of drug-likeness (QED) is 0.708. The van der Waals surface area contributed by atoms with Gasteiger partial charge in [-0.25, -0.2) is 5.01 Å². The summed E-state index contributed by atoms with van der Waals surface area (Å²) >= 11 is 0. The Morgan fingerprint density at radius 3 is 2.81 bits per heavy atom. The second-order valence-corrected chi connectivity index (χ2v) is 5.47. The zero-order valence-corrected chi connectivity index (χ0v) is 14.7. The minimum Gasteiger partial charge on any atom is -0.490 e. The molecule has 0 bridgehead atoms. The highest BCUT2D eigenvalue weighted by Crippen LogP contribution is 2.30. The largest absolute Gasteiger partial charge is 0.490 e. The van der Waals surface area contributed by atoms with Crippen molar-refractivity contribution in [3.05, 3.63) is 29.3 Å². The van der Waals surface area contributed by atoms with Gasteiger partial charge < -0.3 is 15.2 Å². The lowest BCUT2D eigenvalue weighted by atomic mass is 10.1. The molecule has 0 aromatic heterocycles. The molecular formula is C18H20N4O4. The molecule has 26 heavy (non-hydrogen) atoms. The maximum atomic E-state index is 12.4. The zero-order valence-electron chi connectivity index (χ0n) is 14.7. The topological polar surface area (TPSA) is 118 Å². The molecule has 1 aromatic carbocycles. The van der Waals surface area contributed by atoms with Crippen molar-refractivity contribution in [1.29, 1.82) is 5.26 Å². The number of hydrogen-bond acceptors (Lipinski definition) is 6. The molecule has 8 nitrogen and oxygen atoms in total. The first-order chi connectivity index (χ1) is 12.5. The van der Waals surface area contributed by atoms with Crippen LogP contribution in [-0.2, 0) is 9.59 Å². The van der Waals surface area contributed by atoms with Crippen molar-refractivity contribution in [3.63, 3.8) is 0 Å². The van der Waals surface area contributed by atoms with Gasteiger partial charge in [0.15, 0.2) is 18.1 Å². The number of benzene rings is 1. The van der Waals surface area contributed by atoms with Gasteiger partial charge in [-0.3, -0.25) is 9.59 Å². The number of ether oxygens (including phenoxy) is 2. The number of nitriles is 1. The fraction of sp³-hybridized carbons (Fsp3) is 0.333. The van der Waals surface area contributed by atoms with Gasteiger partial charge in [-0.15, -0.1) is 0 Å². The molecule has 2 amide bonds. The molecule has 2 rings (SSSR count). The van der Waals surface area contributed by atoms with E-state index in [1.165, 1.54) is 5.01 Å². The van der Waals surface area contributed by atoms with Crippen molar-refractivity contribution in [1.82, 2.24) is 5.01 Å². The summed E-state index contributed by atoms with van der Waals surface area (Å²) in [5.41, 5.74) is 6.85. The lowest BCUT2D eigenvalue weighted by molar-refractivity contribution is -0.125. The van der Waals surface area contributed by atoms with Gasteiger partial charge in [0.1, 0.15) is 0 Å². The zero-order chi connectivity index (χ0) is 19.1. The second-order valence-electron chi connectivity index (χ2n) is 5.47. The first-order valence-electron chi connectivity index (χ1n) is 8.10. The molecule has 0 saturated heterocycles. The number of nitrogens with zero attached hydrogens (tertiary/aromatic N) is 3. The van der Waals surface area contributed by atoms with E-state index in [9.17, 15) is 9.59 Å². The van der Waals surface area contributed by atoms with Gasteiger partial charge in [0.25, 0.3) is 11.8 Å². The van der Waals surface area contributed by atoms with E-state index in [2.05, 4.69) is 5.10 Å². The minimum absolute atomic E-state index is 0.218. The van der Waals surface area contributed by atoms with Crippen molar-refractivity contribution in [2.24, 2.45) is 10.8 Å². The van der Waals surface area contributed by atoms with Crippen molar-refractivity contribution in [2.45, 2.75) is 20.3 Å². The second kappa shape index (κ2) is 8.67. The van der Waals surface area contributed by atoms with Crippen LogP contribution in [0.3, 0.4) is 0 Å². The number of carbonyl (C=O) groups excluding carboxylic acids is 2. The molecule has 0 saturated carbocycles. The Morgan fingerprint density at radius 1 is 1.38 bits per heavy atom. The van der Waals surface area contributed by atoms with Gasteiger partial charge in [-0.05, 0) is 37.6 Å². The summed E-state index contributed by atoms with van der Waals surface area (Å²) < 4.78 is 10.9. The monoisotopic (exact) mass is 356 g/mol. The number of nitrogens with two attached hydrogens (primary N) is 1. The van der Waals surface area contributed by atoms with E-state index >= 15 is 0 Å². The molecule has 0 radical (unpaired) electrons. The third-order valence-corrected chi connectivity index (χ3v) is 3.51. The van der Waals surface area contributed by atoms with Gasteiger partial charge in [-0.2, -0.15) is 10.4 Å². The first-order valence-corrected chi connectivity index (χ1v) is 8.10. The highest BCUT2D eigenvalue weighted by molar-refractivity contribution is 6.26. The number of carbonyl (C=O) groups is 2. The third kappa shape index (κ3) is 4.60. The van der Waals surface area contributed by atoms with E-state index in [1.807, 2.05) is 13.0 Å². The fourth-order valence-electron chi connectivity index (χ4n) is 2.37. The number of primary amides is 1. The van der Waals surface area contributed by atoms with Crippen LogP contribution < -0.4 is 15.2 Å². The maximum Gasteiger partial charge on any atom is 0.275 e. The smallest absolute Gasteiger partial charge is 0.275 e. The summed E-state index contributed by atoms with van der Waals surface area (Å²) in [5.74, 6) is 0.0142. The third-order valence-electron chi connectivity index (χ3n) is 3.51. The Bertz CT molecular complexity index is 808. The summed E-state index contributed by atoms with van der Waals surface area (Å²) in [4.78, 5) is 23.3. The van der Waals surface area contributed by atoms with Crippen molar-refractivity contribution in [3.8, 4) is 17.6 Å². The highest BCUT2D eigenvalue weighted by atomic mass is 16.5. The first kappa shape index (κ1) is 19.0. The maximum absolute atomic E-state index is 12.4. The molecular weight excluding hydrogens is 336 g/mol. The van der Waals surface area contributed by atoms with Crippen LogP contribution in [0.4, 0.5) is 0 Å². The minimum atomic E-state index is -0.584. The molecule has 2 N–H and O–H groups in total. The van der Waals surface area contributed by atoms with Crippen LogP contribution in [0.2, 0.25) is 0 Å². The molecule has 0 unspecified atom stereocenters. The number of amides is 2. The summed E-state index contributed by atoms with van der Waals surface area (Å²) in [6.45, 7) is 3.98. The summed E-state index contributed by atoms with van der Waals surface area (Å²) in [7, 11) is 0. The Labute approximate surface area is 151 Å².